The highest BCUT2D eigenvalue weighted by molar-refractivity contribution is 7.85. The molecule has 1 N–H and O–H groups in total. The molecule has 0 aromatic carbocycles. The maximum Gasteiger partial charge on any atom is 0.267 e. The number of rotatable bonds is 21. The molecule has 0 fully saturated rings. The predicted molar refractivity (Wildman–Crippen MR) is 96.2 cm³/mol. The highest BCUT2D eigenvalue weighted by Crippen LogP contribution is 1.88. The maximum atomic E-state index is 10.4. The Hall–Kier alpha value is -0.330. The zero-order chi connectivity index (χ0) is 19.3. The molecule has 0 saturated carbocycles. The second kappa shape index (κ2) is 19.4. The van der Waals surface area contributed by atoms with Gasteiger partial charge in [-0.1, -0.05) is 13.3 Å². The molecule has 0 spiro atoms. The lowest BCUT2D eigenvalue weighted by molar-refractivity contribution is -0.0162. The second-order valence-corrected chi connectivity index (χ2v) is 6.89. The second-order valence-electron chi connectivity index (χ2n) is 5.31. The summed E-state index contributed by atoms with van der Waals surface area (Å²) in [4.78, 5) is 0. The monoisotopic (exact) mass is 402 g/mol. The van der Waals surface area contributed by atoms with Crippen molar-refractivity contribution in [1.82, 2.24) is 0 Å². The topological polar surface area (TPSA) is 110 Å². The van der Waals surface area contributed by atoms with E-state index < -0.39 is 15.9 Å². The van der Waals surface area contributed by atoms with Crippen LogP contribution in [0, 0.1) is 0 Å². The molecule has 0 aromatic rings. The van der Waals surface area contributed by atoms with Crippen LogP contribution in [0.5, 0.6) is 0 Å². The van der Waals surface area contributed by atoms with Gasteiger partial charge in [-0.05, 0) is 6.42 Å². The van der Waals surface area contributed by atoms with E-state index in [0.717, 1.165) is 19.4 Å². The summed E-state index contributed by atoms with van der Waals surface area (Å²) in [5.41, 5.74) is 0. The van der Waals surface area contributed by atoms with E-state index in [1.165, 1.54) is 0 Å². The van der Waals surface area contributed by atoms with Crippen LogP contribution in [0.15, 0.2) is 0 Å². The van der Waals surface area contributed by atoms with Crippen LogP contribution in [0.3, 0.4) is 0 Å². The van der Waals surface area contributed by atoms with E-state index in [2.05, 4.69) is 6.92 Å². The number of unbranched alkanes of at least 4 members (excludes halogenated alkanes) is 1. The van der Waals surface area contributed by atoms with Crippen molar-refractivity contribution in [2.45, 2.75) is 19.8 Å². The van der Waals surface area contributed by atoms with E-state index in [9.17, 15) is 8.42 Å². The molecule has 0 bridgehead atoms. The fraction of sp³-hybridized carbons (Fsp3) is 1.00. The molecule has 26 heavy (non-hydrogen) atoms. The molecule has 0 radical (unpaired) electrons. The van der Waals surface area contributed by atoms with Gasteiger partial charge >= 0.3 is 0 Å². The molecule has 0 atom stereocenters. The van der Waals surface area contributed by atoms with Gasteiger partial charge in [0.25, 0.3) is 10.1 Å². The molecule has 0 heterocycles. The number of hydrogen-bond acceptors (Lipinski definition) is 8. The Labute approximate surface area is 157 Å². The fourth-order valence-electron chi connectivity index (χ4n) is 1.61. The smallest absolute Gasteiger partial charge is 0.267 e. The average molecular weight is 403 g/mol. The SMILES string of the molecule is CCCCOCCOCCOCCOCCOCCOCCS(=O)(=O)O. The summed E-state index contributed by atoms with van der Waals surface area (Å²) in [6.45, 7) is 7.58. The highest BCUT2D eigenvalue weighted by atomic mass is 32.2. The minimum Gasteiger partial charge on any atom is -0.379 e. The molecule has 10 heteroatoms. The van der Waals surface area contributed by atoms with Gasteiger partial charge in [-0.25, -0.2) is 0 Å². The normalized spacial score (nSPS) is 11.9. The lowest BCUT2D eigenvalue weighted by atomic mass is 10.4. The van der Waals surface area contributed by atoms with Crippen LogP contribution < -0.4 is 0 Å². The number of hydrogen-bond donors (Lipinski definition) is 1. The minimum atomic E-state index is -3.96. The zero-order valence-corrected chi connectivity index (χ0v) is 16.5. The lowest BCUT2D eigenvalue weighted by Crippen LogP contribution is -2.15. The van der Waals surface area contributed by atoms with E-state index in [1.807, 2.05) is 0 Å². The molecule has 0 unspecified atom stereocenters. The average Bonchev–Trinajstić information content (AvgIpc) is 2.59. The molecule has 9 nitrogen and oxygen atoms in total. The number of ether oxygens (including phenoxy) is 6. The van der Waals surface area contributed by atoms with Crippen molar-refractivity contribution in [1.29, 1.82) is 0 Å². The standard InChI is InChI=1S/C16H34O9S/c1-2-3-4-20-5-6-21-7-8-22-9-10-23-11-12-24-13-14-25-15-16-26(17,18)19/h2-16H2,1H3,(H,17,18,19). The van der Waals surface area contributed by atoms with Gasteiger partial charge in [0.15, 0.2) is 0 Å². The van der Waals surface area contributed by atoms with Crippen LogP contribution in [-0.4, -0.2) is 98.0 Å². The maximum absolute atomic E-state index is 10.4. The van der Waals surface area contributed by atoms with Crippen molar-refractivity contribution in [3.8, 4) is 0 Å². The van der Waals surface area contributed by atoms with Crippen LogP contribution in [0.1, 0.15) is 19.8 Å². The molecule has 0 rings (SSSR count). The van der Waals surface area contributed by atoms with E-state index in [0.29, 0.717) is 59.5 Å². The molecule has 0 saturated heterocycles. The Kier molecular flexibility index (Phi) is 19.2. The third-order valence-electron chi connectivity index (χ3n) is 2.99. The Morgan fingerprint density at radius 3 is 1.19 bits per heavy atom. The van der Waals surface area contributed by atoms with Gasteiger partial charge in [0.05, 0.1) is 78.4 Å². The van der Waals surface area contributed by atoms with Crippen molar-refractivity contribution in [3.63, 3.8) is 0 Å². The third-order valence-corrected chi connectivity index (χ3v) is 3.67. The van der Waals surface area contributed by atoms with Crippen LogP contribution in [0.25, 0.3) is 0 Å². The first-order valence-electron chi connectivity index (χ1n) is 8.98. The summed E-state index contributed by atoms with van der Waals surface area (Å²) in [6, 6.07) is 0. The van der Waals surface area contributed by atoms with Gasteiger partial charge in [-0.3, -0.25) is 4.55 Å². The molecule has 0 amide bonds. The summed E-state index contributed by atoms with van der Waals surface area (Å²) in [5, 5.41) is 0. The largest absolute Gasteiger partial charge is 0.379 e. The van der Waals surface area contributed by atoms with Crippen LogP contribution >= 0.6 is 0 Å². The van der Waals surface area contributed by atoms with Crippen molar-refractivity contribution in [2.24, 2.45) is 0 Å². The van der Waals surface area contributed by atoms with Crippen molar-refractivity contribution in [3.05, 3.63) is 0 Å². The first-order chi connectivity index (χ1) is 12.6. The summed E-state index contributed by atoms with van der Waals surface area (Å²) in [6.07, 6.45) is 2.22. The van der Waals surface area contributed by atoms with Crippen LogP contribution in [-0.2, 0) is 38.5 Å². The zero-order valence-electron chi connectivity index (χ0n) is 15.7. The Bertz CT molecular complexity index is 376. The summed E-state index contributed by atoms with van der Waals surface area (Å²) in [7, 11) is -3.96. The fourth-order valence-corrected chi connectivity index (χ4v) is 1.94. The highest BCUT2D eigenvalue weighted by Gasteiger charge is 2.03. The summed E-state index contributed by atoms with van der Waals surface area (Å²) >= 11 is 0. The van der Waals surface area contributed by atoms with E-state index >= 15 is 0 Å². The summed E-state index contributed by atoms with van der Waals surface area (Å²) < 4.78 is 61.0. The lowest BCUT2D eigenvalue weighted by Gasteiger charge is -2.08. The molecule has 0 aromatic heterocycles. The third kappa shape index (κ3) is 23.7. The Morgan fingerprint density at radius 2 is 0.885 bits per heavy atom. The van der Waals surface area contributed by atoms with Crippen molar-refractivity contribution < 1.29 is 41.4 Å². The molecule has 0 aliphatic heterocycles. The van der Waals surface area contributed by atoms with Gasteiger partial charge in [0.1, 0.15) is 0 Å². The molecule has 0 aliphatic carbocycles. The van der Waals surface area contributed by atoms with Gasteiger partial charge < -0.3 is 28.4 Å². The minimum absolute atomic E-state index is 0.0500. The van der Waals surface area contributed by atoms with Crippen LogP contribution in [0.2, 0.25) is 0 Å². The van der Waals surface area contributed by atoms with E-state index in [4.69, 9.17) is 33.0 Å². The molecule has 0 aliphatic rings. The van der Waals surface area contributed by atoms with Crippen molar-refractivity contribution in [2.75, 3.05) is 85.0 Å². The van der Waals surface area contributed by atoms with Crippen LogP contribution in [0.4, 0.5) is 0 Å². The summed E-state index contributed by atoms with van der Waals surface area (Å²) in [5.74, 6) is -0.409. The molecular weight excluding hydrogens is 368 g/mol. The first-order valence-corrected chi connectivity index (χ1v) is 10.6. The Balaban J connectivity index is 3.03. The van der Waals surface area contributed by atoms with Crippen molar-refractivity contribution >= 4 is 10.1 Å². The Morgan fingerprint density at radius 1 is 0.577 bits per heavy atom. The van der Waals surface area contributed by atoms with Gasteiger partial charge in [-0.2, -0.15) is 8.42 Å². The van der Waals surface area contributed by atoms with Gasteiger partial charge in [0.2, 0.25) is 0 Å². The predicted octanol–water partition coefficient (Wildman–Crippen LogP) is 0.774. The molecule has 158 valence electrons. The van der Waals surface area contributed by atoms with Gasteiger partial charge in [-0.15, -0.1) is 0 Å². The quantitative estimate of drug-likeness (QED) is 0.220. The first kappa shape index (κ1) is 25.7. The van der Waals surface area contributed by atoms with E-state index in [1.54, 1.807) is 0 Å². The van der Waals surface area contributed by atoms with E-state index in [-0.39, 0.29) is 13.2 Å². The molecular formula is C16H34O9S. The van der Waals surface area contributed by atoms with Gasteiger partial charge in [0, 0.05) is 6.61 Å².